The van der Waals surface area contributed by atoms with Gasteiger partial charge in [-0.25, -0.2) is 9.69 Å². The molecule has 6 aromatic carbocycles. The number of benzene rings is 6. The van der Waals surface area contributed by atoms with E-state index in [1.54, 1.807) is 0 Å². The second kappa shape index (κ2) is 11.4. The van der Waals surface area contributed by atoms with Gasteiger partial charge < -0.3 is 14.0 Å². The van der Waals surface area contributed by atoms with Crippen molar-refractivity contribution in [2.75, 3.05) is 4.90 Å². The molecule has 2 aliphatic heterocycles. The summed E-state index contributed by atoms with van der Waals surface area (Å²) >= 11 is 0. The molecular weight excluding hydrogens is 705 g/mol. The summed E-state index contributed by atoms with van der Waals surface area (Å²) in [7, 11) is 0. The van der Waals surface area contributed by atoms with Crippen LogP contribution < -0.4 is 14.4 Å². The van der Waals surface area contributed by atoms with Gasteiger partial charge in [-0.3, -0.25) is 14.9 Å². The molecule has 3 aliphatic rings. The van der Waals surface area contributed by atoms with Crippen LogP contribution in [0.3, 0.4) is 0 Å². The van der Waals surface area contributed by atoms with E-state index in [0.717, 1.165) is 89.7 Å². The third-order valence-electron chi connectivity index (χ3n) is 11.6. The van der Waals surface area contributed by atoms with Crippen LogP contribution in [-0.4, -0.2) is 14.5 Å². The second-order valence-corrected chi connectivity index (χ2v) is 14.3. The highest BCUT2D eigenvalue weighted by Gasteiger charge is 2.54. The first kappa shape index (κ1) is 31.2. The molecule has 8 heteroatoms. The van der Waals surface area contributed by atoms with Crippen LogP contribution in [0.1, 0.15) is 22.3 Å². The number of aromatic nitrogens is 3. The SMILES string of the molecule is [C-]#[N+]c1ccc2c(c1)c1cc([N+]#[C-])ccc1n2-c1cccc2c1Oc1c(N3c4ccccc4Oc4ccccc43)cccc1C21c2cccnc2-c2ncccc21. The monoisotopic (exact) mass is 730 g/mol. The number of anilines is 3. The Balaban J connectivity index is 1.22. The van der Waals surface area contributed by atoms with E-state index in [0.29, 0.717) is 22.9 Å². The minimum atomic E-state index is -0.860. The molecule has 264 valence electrons. The molecule has 1 aliphatic carbocycles. The van der Waals surface area contributed by atoms with Crippen LogP contribution in [0.25, 0.3) is 48.6 Å². The quantitative estimate of drug-likeness (QED) is 0.166. The molecule has 0 atom stereocenters. The van der Waals surface area contributed by atoms with Crippen molar-refractivity contribution in [2.45, 2.75) is 5.41 Å². The maximum Gasteiger partial charge on any atom is 0.188 e. The van der Waals surface area contributed by atoms with Crippen molar-refractivity contribution >= 4 is 50.2 Å². The fourth-order valence-corrected chi connectivity index (χ4v) is 9.33. The van der Waals surface area contributed by atoms with Crippen LogP contribution >= 0.6 is 0 Å². The second-order valence-electron chi connectivity index (χ2n) is 14.3. The Bertz CT molecular complexity index is 3150. The molecule has 0 N–H and O–H groups in total. The van der Waals surface area contributed by atoms with Gasteiger partial charge in [0.2, 0.25) is 0 Å². The molecule has 9 aromatic rings. The molecule has 5 heterocycles. The summed E-state index contributed by atoms with van der Waals surface area (Å²) < 4.78 is 16.2. The Kier molecular flexibility index (Phi) is 6.24. The van der Waals surface area contributed by atoms with Crippen molar-refractivity contribution in [3.63, 3.8) is 0 Å². The summed E-state index contributed by atoms with van der Waals surface area (Å²) in [6, 6.07) is 48.7. The zero-order valence-electron chi connectivity index (χ0n) is 30.0. The lowest BCUT2D eigenvalue weighted by molar-refractivity contribution is 0.434. The van der Waals surface area contributed by atoms with Gasteiger partial charge in [0.1, 0.15) is 0 Å². The molecule has 1 spiro atoms. The van der Waals surface area contributed by atoms with Gasteiger partial charge in [-0.1, -0.05) is 72.8 Å². The van der Waals surface area contributed by atoms with Crippen LogP contribution in [0.15, 0.2) is 158 Å². The molecular formula is C49H26N6O2. The van der Waals surface area contributed by atoms with Gasteiger partial charge in [-0.2, -0.15) is 0 Å². The van der Waals surface area contributed by atoms with E-state index in [4.69, 9.17) is 32.6 Å². The summed E-state index contributed by atoms with van der Waals surface area (Å²) in [4.78, 5) is 19.7. The fraction of sp³-hybridized carbons (Fsp3) is 0.0204. The van der Waals surface area contributed by atoms with E-state index in [1.165, 1.54) is 0 Å². The van der Waals surface area contributed by atoms with Crippen LogP contribution in [0.4, 0.5) is 28.4 Å². The first-order valence-corrected chi connectivity index (χ1v) is 18.5. The standard InChI is InChI=1S/C49H26N6O2/c1-50-29-21-23-37-31(27-29)32-28-30(51-2)22-24-38(32)54(37)41-17-7-11-35-47(41)57-48-36(49(35)33-13-9-25-52-45(33)46-34(49)14-10-26-53-46)12-8-18-42(48)55-39-15-3-5-19-43(39)56-44-20-6-4-16-40(44)55/h3-28H. The number of ether oxygens (including phenoxy) is 2. The Morgan fingerprint density at radius 1 is 0.474 bits per heavy atom. The summed E-state index contributed by atoms with van der Waals surface area (Å²) in [5.41, 5.74) is 11.1. The molecule has 0 amide bonds. The molecule has 8 nitrogen and oxygen atoms in total. The van der Waals surface area contributed by atoms with Crippen molar-refractivity contribution in [3.05, 3.63) is 203 Å². The molecule has 57 heavy (non-hydrogen) atoms. The van der Waals surface area contributed by atoms with Crippen molar-refractivity contribution in [1.82, 2.24) is 14.5 Å². The lowest BCUT2D eigenvalue weighted by Crippen LogP contribution is -2.33. The van der Waals surface area contributed by atoms with Crippen molar-refractivity contribution in [1.29, 1.82) is 0 Å². The van der Waals surface area contributed by atoms with E-state index >= 15 is 0 Å². The summed E-state index contributed by atoms with van der Waals surface area (Å²) in [5, 5.41) is 1.78. The van der Waals surface area contributed by atoms with Gasteiger partial charge in [0.15, 0.2) is 34.4 Å². The summed E-state index contributed by atoms with van der Waals surface area (Å²) in [5.74, 6) is 2.87. The topological polar surface area (TPSA) is 61.1 Å². The smallest absolute Gasteiger partial charge is 0.188 e. The number of fused-ring (bicyclic) bond motifs is 14. The average Bonchev–Trinajstić information content (AvgIpc) is 3.75. The number of hydrogen-bond acceptors (Lipinski definition) is 5. The maximum atomic E-state index is 7.80. The third-order valence-corrected chi connectivity index (χ3v) is 11.6. The van der Waals surface area contributed by atoms with Gasteiger partial charge in [-0.05, 0) is 94.7 Å². The van der Waals surface area contributed by atoms with Gasteiger partial charge in [0, 0.05) is 23.5 Å². The molecule has 0 radical (unpaired) electrons. The Labute approximate surface area is 326 Å². The zero-order chi connectivity index (χ0) is 37.8. The maximum absolute atomic E-state index is 7.80. The van der Waals surface area contributed by atoms with Crippen molar-refractivity contribution < 1.29 is 9.47 Å². The van der Waals surface area contributed by atoms with E-state index in [1.807, 2.05) is 97.3 Å². The molecule has 0 fully saturated rings. The highest BCUT2D eigenvalue weighted by Crippen LogP contribution is 2.65. The molecule has 0 bridgehead atoms. The number of hydrogen-bond donors (Lipinski definition) is 0. The fourth-order valence-electron chi connectivity index (χ4n) is 9.33. The van der Waals surface area contributed by atoms with Crippen molar-refractivity contribution in [2.24, 2.45) is 0 Å². The van der Waals surface area contributed by atoms with Gasteiger partial charge in [-0.15, -0.1) is 0 Å². The predicted octanol–water partition coefficient (Wildman–Crippen LogP) is 12.7. The van der Waals surface area contributed by atoms with Gasteiger partial charge >= 0.3 is 0 Å². The number of rotatable bonds is 2. The minimum Gasteiger partial charge on any atom is -0.453 e. The highest BCUT2D eigenvalue weighted by atomic mass is 16.5. The largest absolute Gasteiger partial charge is 0.453 e. The first-order chi connectivity index (χ1) is 28.2. The molecule has 0 unspecified atom stereocenters. The molecule has 0 saturated carbocycles. The van der Waals surface area contributed by atoms with Crippen LogP contribution in [0, 0.1) is 13.1 Å². The van der Waals surface area contributed by atoms with Crippen molar-refractivity contribution in [3.8, 4) is 40.1 Å². The van der Waals surface area contributed by atoms with Crippen LogP contribution in [0.5, 0.6) is 23.0 Å². The average molecular weight is 731 g/mol. The lowest BCUT2D eigenvalue weighted by atomic mass is 9.66. The number of para-hydroxylation sites is 6. The zero-order valence-corrected chi connectivity index (χ0v) is 30.0. The van der Waals surface area contributed by atoms with E-state index in [-0.39, 0.29) is 0 Å². The Morgan fingerprint density at radius 3 is 1.53 bits per heavy atom. The van der Waals surface area contributed by atoms with E-state index in [9.17, 15) is 0 Å². The normalized spacial score (nSPS) is 13.6. The van der Waals surface area contributed by atoms with Crippen LogP contribution in [0.2, 0.25) is 0 Å². The number of pyridine rings is 2. The number of nitrogens with zero attached hydrogens (tertiary/aromatic N) is 6. The minimum absolute atomic E-state index is 0.531. The Morgan fingerprint density at radius 2 is 0.965 bits per heavy atom. The van der Waals surface area contributed by atoms with E-state index in [2.05, 4.69) is 79.8 Å². The summed E-state index contributed by atoms with van der Waals surface area (Å²) in [6.45, 7) is 15.6. The van der Waals surface area contributed by atoms with Gasteiger partial charge in [0.05, 0.1) is 63.7 Å². The first-order valence-electron chi connectivity index (χ1n) is 18.5. The molecule has 12 rings (SSSR count). The molecule has 0 saturated heterocycles. The van der Waals surface area contributed by atoms with Crippen LogP contribution in [-0.2, 0) is 5.41 Å². The predicted molar refractivity (Wildman–Crippen MR) is 221 cm³/mol. The highest BCUT2D eigenvalue weighted by molar-refractivity contribution is 6.11. The summed E-state index contributed by atoms with van der Waals surface area (Å²) in [6.07, 6.45) is 3.66. The lowest BCUT2D eigenvalue weighted by Gasteiger charge is -2.42. The van der Waals surface area contributed by atoms with Gasteiger partial charge in [0.25, 0.3) is 0 Å². The molecule has 3 aromatic heterocycles. The third kappa shape index (κ3) is 4.03. The van der Waals surface area contributed by atoms with E-state index < -0.39 is 5.41 Å². The Hall–Kier alpha value is -8.20.